The number of hydrogen-bond donors (Lipinski definition) is 3. The van der Waals surface area contributed by atoms with Gasteiger partial charge in [0.25, 0.3) is 11.8 Å². The highest BCUT2D eigenvalue weighted by molar-refractivity contribution is 9.10. The van der Waals surface area contributed by atoms with E-state index in [9.17, 15) is 9.59 Å². The smallest absolute Gasteiger partial charge is 0.271 e. The van der Waals surface area contributed by atoms with Crippen LogP contribution in [0.5, 0.6) is 0 Å². The summed E-state index contributed by atoms with van der Waals surface area (Å²) in [7, 11) is 0. The first-order valence-corrected chi connectivity index (χ1v) is 10.1. The average molecular weight is 428 g/mol. The molecule has 0 aromatic heterocycles. The van der Waals surface area contributed by atoms with Gasteiger partial charge >= 0.3 is 0 Å². The van der Waals surface area contributed by atoms with E-state index in [0.29, 0.717) is 16.8 Å². The van der Waals surface area contributed by atoms with Gasteiger partial charge in [0.1, 0.15) is 0 Å². The second-order valence-electron chi connectivity index (χ2n) is 7.19. The summed E-state index contributed by atoms with van der Waals surface area (Å²) in [6.07, 6.45) is 5.42. The lowest BCUT2D eigenvalue weighted by Gasteiger charge is -2.40. The third-order valence-electron chi connectivity index (χ3n) is 5.35. The van der Waals surface area contributed by atoms with Crippen LogP contribution in [0.1, 0.15) is 48.0 Å². The lowest BCUT2D eigenvalue weighted by Crippen LogP contribution is -2.64. The van der Waals surface area contributed by atoms with E-state index in [2.05, 4.69) is 31.9 Å². The predicted molar refractivity (Wildman–Crippen MR) is 108 cm³/mol. The Labute approximate surface area is 167 Å². The third-order valence-corrected chi connectivity index (χ3v) is 5.88. The molecule has 2 aromatic carbocycles. The van der Waals surface area contributed by atoms with Crippen LogP contribution in [-0.2, 0) is 10.5 Å². The highest BCUT2D eigenvalue weighted by atomic mass is 79.9. The van der Waals surface area contributed by atoms with Crippen LogP contribution in [0.25, 0.3) is 0 Å². The molecule has 0 bridgehead atoms. The fourth-order valence-corrected chi connectivity index (χ4v) is 4.15. The van der Waals surface area contributed by atoms with Gasteiger partial charge in [-0.2, -0.15) is 0 Å². The first-order valence-electron chi connectivity index (χ1n) is 9.35. The summed E-state index contributed by atoms with van der Waals surface area (Å²) in [5.74, 6) is -0.481. The monoisotopic (exact) mass is 427 g/mol. The Morgan fingerprint density at radius 2 is 1.70 bits per heavy atom. The van der Waals surface area contributed by atoms with Crippen molar-refractivity contribution in [1.29, 1.82) is 0 Å². The van der Waals surface area contributed by atoms with Crippen molar-refractivity contribution < 1.29 is 9.59 Å². The Balaban J connectivity index is 1.73. The molecule has 1 aliphatic carbocycles. The van der Waals surface area contributed by atoms with Crippen LogP contribution in [0.2, 0.25) is 0 Å². The zero-order chi connectivity index (χ0) is 18.9. The number of nitrogens with one attached hydrogen (secondary N) is 3. The van der Waals surface area contributed by atoms with Crippen molar-refractivity contribution >= 4 is 33.4 Å². The van der Waals surface area contributed by atoms with Gasteiger partial charge in [-0.1, -0.05) is 59.5 Å². The maximum Gasteiger partial charge on any atom is 0.271 e. The fourth-order valence-electron chi connectivity index (χ4n) is 3.89. The van der Waals surface area contributed by atoms with Gasteiger partial charge in [-0.25, -0.2) is 0 Å². The largest absolute Gasteiger partial charge is 0.351 e. The molecule has 1 aliphatic heterocycles. The summed E-state index contributed by atoms with van der Waals surface area (Å²) in [5.41, 5.74) is 0.560. The number of carbonyl (C=O) groups excluding carboxylic acids is 2. The van der Waals surface area contributed by atoms with Gasteiger partial charge in [0, 0.05) is 21.8 Å². The summed E-state index contributed by atoms with van der Waals surface area (Å²) < 4.78 is 0.914. The number of anilines is 1. The van der Waals surface area contributed by atoms with Crippen molar-refractivity contribution in [3.63, 3.8) is 0 Å². The molecule has 6 heteroatoms. The molecule has 140 valence electrons. The van der Waals surface area contributed by atoms with Crippen molar-refractivity contribution in [2.45, 2.75) is 43.8 Å². The Morgan fingerprint density at radius 3 is 2.44 bits per heavy atom. The minimum Gasteiger partial charge on any atom is -0.351 e. The van der Waals surface area contributed by atoms with Crippen LogP contribution < -0.4 is 16.0 Å². The second kappa shape index (κ2) is 7.35. The van der Waals surface area contributed by atoms with Crippen LogP contribution in [0, 0.1) is 0 Å². The summed E-state index contributed by atoms with van der Waals surface area (Å²) >= 11 is 3.43. The first kappa shape index (κ1) is 18.0. The van der Waals surface area contributed by atoms with E-state index in [0.717, 1.165) is 30.2 Å². The van der Waals surface area contributed by atoms with E-state index in [1.165, 1.54) is 6.42 Å². The van der Waals surface area contributed by atoms with E-state index in [4.69, 9.17) is 0 Å². The molecule has 1 saturated carbocycles. The molecule has 0 spiro atoms. The second-order valence-corrected chi connectivity index (χ2v) is 8.11. The minimum atomic E-state index is -1.33. The molecule has 4 rings (SSSR count). The quantitative estimate of drug-likeness (QED) is 0.695. The number of para-hydroxylation sites is 1. The normalized spacial score (nSPS) is 22.3. The number of fused-ring (bicyclic) bond motifs is 1. The summed E-state index contributed by atoms with van der Waals surface area (Å²) in [6.45, 7) is 0. The molecule has 2 amide bonds. The lowest BCUT2D eigenvalue weighted by molar-refractivity contribution is -0.127. The maximum absolute atomic E-state index is 13.4. The summed E-state index contributed by atoms with van der Waals surface area (Å²) in [4.78, 5) is 26.2. The minimum absolute atomic E-state index is 0.148. The van der Waals surface area contributed by atoms with Gasteiger partial charge in [-0.15, -0.1) is 0 Å². The molecule has 1 unspecified atom stereocenters. The van der Waals surface area contributed by atoms with Gasteiger partial charge in [-0.3, -0.25) is 9.59 Å². The molecule has 1 atom stereocenters. The molecular formula is C21H22BrN3O2. The first-order chi connectivity index (χ1) is 13.1. The van der Waals surface area contributed by atoms with E-state index in [-0.39, 0.29) is 17.9 Å². The molecule has 5 nitrogen and oxygen atoms in total. The number of rotatable bonds is 3. The van der Waals surface area contributed by atoms with Gasteiger partial charge < -0.3 is 16.0 Å². The standard InChI is InChI=1S/C21H22BrN3O2/c22-15-12-10-14(11-13-15)21(20(27)23-16-6-2-1-3-7-16)24-18-9-5-4-8-17(18)19(26)25-21/h4-5,8-13,16,24H,1-3,6-7H2,(H,23,27)(H,25,26). The lowest BCUT2D eigenvalue weighted by atomic mass is 9.91. The van der Waals surface area contributed by atoms with Crippen molar-refractivity contribution in [1.82, 2.24) is 10.6 Å². The maximum atomic E-state index is 13.4. The zero-order valence-electron chi connectivity index (χ0n) is 14.9. The van der Waals surface area contributed by atoms with Crippen LogP contribution in [0.3, 0.4) is 0 Å². The molecule has 0 radical (unpaired) electrons. The van der Waals surface area contributed by atoms with Gasteiger partial charge in [0.15, 0.2) is 0 Å². The molecular weight excluding hydrogens is 406 g/mol. The van der Waals surface area contributed by atoms with E-state index in [1.54, 1.807) is 6.07 Å². The van der Waals surface area contributed by atoms with Crippen LogP contribution in [-0.4, -0.2) is 17.9 Å². The van der Waals surface area contributed by atoms with Crippen molar-refractivity contribution in [3.8, 4) is 0 Å². The highest BCUT2D eigenvalue weighted by Crippen LogP contribution is 2.32. The van der Waals surface area contributed by atoms with Crippen LogP contribution in [0.15, 0.2) is 53.0 Å². The Bertz CT molecular complexity index is 862. The summed E-state index contributed by atoms with van der Waals surface area (Å²) in [5, 5.41) is 9.41. The Morgan fingerprint density at radius 1 is 1.00 bits per heavy atom. The molecule has 1 fully saturated rings. The van der Waals surface area contributed by atoms with Crippen molar-refractivity contribution in [3.05, 3.63) is 64.1 Å². The fraction of sp³-hybridized carbons (Fsp3) is 0.333. The molecule has 0 saturated heterocycles. The van der Waals surface area contributed by atoms with Crippen molar-refractivity contribution in [2.75, 3.05) is 5.32 Å². The topological polar surface area (TPSA) is 70.2 Å². The van der Waals surface area contributed by atoms with Crippen LogP contribution >= 0.6 is 15.9 Å². The Kier molecular flexibility index (Phi) is 4.91. The molecule has 2 aromatic rings. The molecule has 27 heavy (non-hydrogen) atoms. The van der Waals surface area contributed by atoms with E-state index < -0.39 is 5.66 Å². The third kappa shape index (κ3) is 3.46. The number of benzene rings is 2. The highest BCUT2D eigenvalue weighted by Gasteiger charge is 2.46. The predicted octanol–water partition coefficient (Wildman–Crippen LogP) is 3.91. The number of amides is 2. The van der Waals surface area contributed by atoms with Gasteiger partial charge in [0.2, 0.25) is 5.66 Å². The summed E-state index contributed by atoms with van der Waals surface area (Å²) in [6, 6.07) is 14.9. The molecule has 3 N–H and O–H groups in total. The number of carbonyl (C=O) groups is 2. The van der Waals surface area contributed by atoms with E-state index >= 15 is 0 Å². The van der Waals surface area contributed by atoms with Gasteiger partial charge in [0.05, 0.1) is 5.56 Å². The number of halogens is 1. The van der Waals surface area contributed by atoms with E-state index in [1.807, 2.05) is 42.5 Å². The zero-order valence-corrected chi connectivity index (χ0v) is 16.5. The molecule has 2 aliphatic rings. The van der Waals surface area contributed by atoms with Gasteiger partial charge in [-0.05, 0) is 37.1 Å². The Hall–Kier alpha value is -2.34. The molecule has 1 heterocycles. The van der Waals surface area contributed by atoms with Crippen LogP contribution in [0.4, 0.5) is 5.69 Å². The average Bonchev–Trinajstić information content (AvgIpc) is 2.69. The number of hydrogen-bond acceptors (Lipinski definition) is 3. The van der Waals surface area contributed by atoms with Crippen molar-refractivity contribution in [2.24, 2.45) is 0 Å². The SMILES string of the molecule is O=C1NC(C(=O)NC2CCCCC2)(c2ccc(Br)cc2)Nc2ccccc21.